The van der Waals surface area contributed by atoms with Crippen molar-refractivity contribution in [1.29, 1.82) is 0 Å². The lowest BCUT2D eigenvalue weighted by Crippen LogP contribution is -2.16. The zero-order valence-corrected chi connectivity index (χ0v) is 6.96. The van der Waals surface area contributed by atoms with Crippen molar-refractivity contribution in [3.63, 3.8) is 0 Å². The molecule has 0 amide bonds. The molecular weight excluding hydrogens is 152 g/mol. The summed E-state index contributed by atoms with van der Waals surface area (Å²) >= 11 is 0. The predicted molar refractivity (Wildman–Crippen MR) is 45.1 cm³/mol. The fourth-order valence-corrected chi connectivity index (χ4v) is 1.46. The lowest BCUT2D eigenvalue weighted by atomic mass is 10.0. The van der Waals surface area contributed by atoms with E-state index in [0.29, 0.717) is 6.42 Å². The van der Waals surface area contributed by atoms with Crippen LogP contribution in [0.2, 0.25) is 0 Å². The minimum absolute atomic E-state index is 0.114. The average molecular weight is 162 g/mol. The smallest absolute Gasteiger partial charge is 0.311 e. The van der Waals surface area contributed by atoms with Gasteiger partial charge in [-0.25, -0.2) is 0 Å². The molecule has 0 atom stereocenters. The van der Waals surface area contributed by atoms with Gasteiger partial charge in [-0.05, 0) is 24.5 Å². The molecule has 1 aromatic rings. The maximum atomic E-state index is 11.0. The van der Waals surface area contributed by atoms with Gasteiger partial charge in [-0.3, -0.25) is 4.79 Å². The van der Waals surface area contributed by atoms with Crippen LogP contribution >= 0.6 is 0 Å². The first-order valence-corrected chi connectivity index (χ1v) is 4.06. The molecule has 2 rings (SSSR count). The number of hydrogen-bond acceptors (Lipinski definition) is 2. The third-order valence-corrected chi connectivity index (χ3v) is 2.11. The number of para-hydroxylation sites is 1. The first-order chi connectivity index (χ1) is 5.77. The van der Waals surface area contributed by atoms with Crippen molar-refractivity contribution in [2.75, 3.05) is 0 Å². The summed E-state index contributed by atoms with van der Waals surface area (Å²) in [5, 5.41) is 0. The van der Waals surface area contributed by atoms with Gasteiger partial charge in [0.05, 0.1) is 6.42 Å². The lowest BCUT2D eigenvalue weighted by molar-refractivity contribution is -0.135. The molecule has 0 fully saturated rings. The zero-order valence-electron chi connectivity index (χ0n) is 6.96. The van der Waals surface area contributed by atoms with Gasteiger partial charge in [0.15, 0.2) is 0 Å². The summed E-state index contributed by atoms with van der Waals surface area (Å²) in [6.07, 6.45) is 1.33. The molecular formula is C10H10O2. The largest absolute Gasteiger partial charge is 0.426 e. The van der Waals surface area contributed by atoms with Gasteiger partial charge in [0.2, 0.25) is 0 Å². The molecule has 2 nitrogen and oxygen atoms in total. The van der Waals surface area contributed by atoms with Crippen LogP contribution in [0.5, 0.6) is 5.75 Å². The Morgan fingerprint density at radius 2 is 2.17 bits per heavy atom. The van der Waals surface area contributed by atoms with E-state index < -0.39 is 0 Å². The highest BCUT2D eigenvalue weighted by molar-refractivity contribution is 5.75. The van der Waals surface area contributed by atoms with Crippen molar-refractivity contribution in [2.45, 2.75) is 19.8 Å². The van der Waals surface area contributed by atoms with Gasteiger partial charge >= 0.3 is 5.97 Å². The molecule has 0 aliphatic carbocycles. The fraction of sp³-hybridized carbons (Fsp3) is 0.300. The highest BCUT2D eigenvalue weighted by atomic mass is 16.5. The van der Waals surface area contributed by atoms with Crippen LogP contribution in [0.4, 0.5) is 0 Å². The molecule has 0 spiro atoms. The molecule has 0 unspecified atom stereocenters. The van der Waals surface area contributed by atoms with Gasteiger partial charge in [0.1, 0.15) is 5.75 Å². The van der Waals surface area contributed by atoms with Crippen molar-refractivity contribution in [3.05, 3.63) is 29.3 Å². The van der Waals surface area contributed by atoms with Crippen molar-refractivity contribution in [2.24, 2.45) is 0 Å². The third kappa shape index (κ3) is 1.09. The molecule has 1 aromatic carbocycles. The van der Waals surface area contributed by atoms with Crippen LogP contribution in [0.1, 0.15) is 17.5 Å². The second kappa shape index (κ2) is 2.63. The van der Waals surface area contributed by atoms with E-state index in [9.17, 15) is 4.79 Å². The van der Waals surface area contributed by atoms with E-state index in [0.717, 1.165) is 23.3 Å². The number of fused-ring (bicyclic) bond motifs is 1. The Morgan fingerprint density at radius 3 is 3.00 bits per heavy atom. The SMILES string of the molecule is Cc1cccc2c1OC(=O)CC2. The van der Waals surface area contributed by atoms with Crippen LogP contribution in [-0.4, -0.2) is 5.97 Å². The normalized spacial score (nSPS) is 15.2. The van der Waals surface area contributed by atoms with Crippen LogP contribution in [-0.2, 0) is 11.2 Å². The van der Waals surface area contributed by atoms with E-state index in [-0.39, 0.29) is 5.97 Å². The van der Waals surface area contributed by atoms with Gasteiger partial charge in [-0.2, -0.15) is 0 Å². The summed E-state index contributed by atoms with van der Waals surface area (Å²) in [4.78, 5) is 11.0. The molecule has 0 aromatic heterocycles. The minimum Gasteiger partial charge on any atom is -0.426 e. The molecule has 1 aliphatic rings. The minimum atomic E-state index is -0.114. The molecule has 0 saturated heterocycles. The first-order valence-electron chi connectivity index (χ1n) is 4.06. The van der Waals surface area contributed by atoms with E-state index in [1.54, 1.807) is 0 Å². The van der Waals surface area contributed by atoms with E-state index in [1.165, 1.54) is 0 Å². The Balaban J connectivity index is 2.50. The standard InChI is InChI=1S/C10H10O2/c1-7-3-2-4-8-5-6-9(11)12-10(7)8/h2-4H,5-6H2,1H3. The van der Waals surface area contributed by atoms with Gasteiger partial charge in [0.25, 0.3) is 0 Å². The summed E-state index contributed by atoms with van der Waals surface area (Å²) in [5.41, 5.74) is 2.19. The number of carbonyl (C=O) groups excluding carboxylic acids is 1. The molecule has 0 bridgehead atoms. The van der Waals surface area contributed by atoms with E-state index in [4.69, 9.17) is 4.74 Å². The lowest BCUT2D eigenvalue weighted by Gasteiger charge is -2.16. The van der Waals surface area contributed by atoms with Crippen LogP contribution in [0, 0.1) is 6.92 Å². The molecule has 0 N–H and O–H groups in total. The zero-order chi connectivity index (χ0) is 8.55. The first kappa shape index (κ1) is 7.35. The van der Waals surface area contributed by atoms with Gasteiger partial charge in [-0.15, -0.1) is 0 Å². The molecule has 0 radical (unpaired) electrons. The summed E-state index contributed by atoms with van der Waals surface area (Å²) in [6, 6.07) is 5.96. The highest BCUT2D eigenvalue weighted by Crippen LogP contribution is 2.28. The van der Waals surface area contributed by atoms with Crippen LogP contribution in [0.3, 0.4) is 0 Å². The Hall–Kier alpha value is -1.31. The van der Waals surface area contributed by atoms with Crippen LogP contribution in [0.25, 0.3) is 0 Å². The van der Waals surface area contributed by atoms with Crippen molar-refractivity contribution in [1.82, 2.24) is 0 Å². The predicted octanol–water partition coefficient (Wildman–Crippen LogP) is 1.85. The van der Waals surface area contributed by atoms with E-state index >= 15 is 0 Å². The highest BCUT2D eigenvalue weighted by Gasteiger charge is 2.17. The van der Waals surface area contributed by atoms with Crippen molar-refractivity contribution >= 4 is 5.97 Å². The Bertz CT molecular complexity index is 329. The monoisotopic (exact) mass is 162 g/mol. The topological polar surface area (TPSA) is 26.3 Å². The second-order valence-electron chi connectivity index (χ2n) is 3.04. The Morgan fingerprint density at radius 1 is 1.33 bits per heavy atom. The quantitative estimate of drug-likeness (QED) is 0.430. The Labute approximate surface area is 71.2 Å². The maximum Gasteiger partial charge on any atom is 0.311 e. The number of benzene rings is 1. The second-order valence-corrected chi connectivity index (χ2v) is 3.04. The van der Waals surface area contributed by atoms with Crippen molar-refractivity contribution in [3.8, 4) is 5.75 Å². The van der Waals surface area contributed by atoms with Gasteiger partial charge < -0.3 is 4.74 Å². The maximum absolute atomic E-state index is 11.0. The molecule has 62 valence electrons. The van der Waals surface area contributed by atoms with E-state index in [1.807, 2.05) is 25.1 Å². The number of esters is 1. The fourth-order valence-electron chi connectivity index (χ4n) is 1.46. The number of carbonyl (C=O) groups is 1. The summed E-state index contributed by atoms with van der Waals surface area (Å²) < 4.78 is 5.12. The summed E-state index contributed by atoms with van der Waals surface area (Å²) in [6.45, 7) is 1.96. The summed E-state index contributed by atoms with van der Waals surface area (Å²) in [5.74, 6) is 0.658. The number of aryl methyl sites for hydroxylation is 2. The van der Waals surface area contributed by atoms with Gasteiger partial charge in [-0.1, -0.05) is 18.2 Å². The molecule has 0 saturated carbocycles. The Kier molecular flexibility index (Phi) is 1.61. The van der Waals surface area contributed by atoms with E-state index in [2.05, 4.69) is 0 Å². The van der Waals surface area contributed by atoms with Crippen molar-refractivity contribution < 1.29 is 9.53 Å². The molecule has 1 heterocycles. The van der Waals surface area contributed by atoms with Gasteiger partial charge in [0, 0.05) is 0 Å². The molecule has 1 aliphatic heterocycles. The number of rotatable bonds is 0. The number of hydrogen-bond donors (Lipinski definition) is 0. The summed E-state index contributed by atoms with van der Waals surface area (Å²) in [7, 11) is 0. The number of ether oxygens (including phenoxy) is 1. The third-order valence-electron chi connectivity index (χ3n) is 2.11. The molecule has 2 heteroatoms. The van der Waals surface area contributed by atoms with Crippen LogP contribution < -0.4 is 4.74 Å². The molecule has 12 heavy (non-hydrogen) atoms. The van der Waals surface area contributed by atoms with Crippen LogP contribution in [0.15, 0.2) is 18.2 Å². The average Bonchev–Trinajstić information content (AvgIpc) is 2.07.